The van der Waals surface area contributed by atoms with Gasteiger partial charge in [0.15, 0.2) is 0 Å². The zero-order valence-corrected chi connectivity index (χ0v) is 26.8. The molecule has 0 aliphatic carbocycles. The number of nitrogens with zero attached hydrogens (tertiary/aromatic N) is 2. The molecular weight excluding hydrogens is 448 g/mol. The standard InChI is InChI=1S/C35H72N2/c1-6-11-15-19-23-27-31-36(32-28-24-20-16-12-7-2)35(10-5)37(33-29-25-21-17-13-8-3)34-30-26-22-18-14-9-4/h10H,6-9,11-34H2,1-5H3. The van der Waals surface area contributed by atoms with Gasteiger partial charge >= 0.3 is 0 Å². The molecule has 0 radical (unpaired) electrons. The van der Waals surface area contributed by atoms with E-state index in [-0.39, 0.29) is 0 Å². The fraction of sp³-hybridized carbons (Fsp3) is 0.943. The van der Waals surface area contributed by atoms with Gasteiger partial charge in [0.25, 0.3) is 0 Å². The van der Waals surface area contributed by atoms with Gasteiger partial charge in [-0.2, -0.15) is 0 Å². The highest BCUT2D eigenvalue weighted by Gasteiger charge is 2.16. The van der Waals surface area contributed by atoms with E-state index in [0.29, 0.717) is 0 Å². The summed E-state index contributed by atoms with van der Waals surface area (Å²) in [5.41, 5.74) is 0. The molecule has 0 aliphatic heterocycles. The molecule has 222 valence electrons. The number of rotatable bonds is 30. The summed E-state index contributed by atoms with van der Waals surface area (Å²) in [4.78, 5) is 5.60. The van der Waals surface area contributed by atoms with E-state index in [1.807, 2.05) is 0 Å². The molecule has 0 rings (SSSR count). The third-order valence-electron chi connectivity index (χ3n) is 8.03. The van der Waals surface area contributed by atoms with Crippen molar-refractivity contribution >= 4 is 0 Å². The minimum atomic E-state index is 1.25. The van der Waals surface area contributed by atoms with E-state index in [0.717, 1.165) is 0 Å². The van der Waals surface area contributed by atoms with Gasteiger partial charge in [-0.3, -0.25) is 0 Å². The topological polar surface area (TPSA) is 6.48 Å². The molecule has 0 atom stereocenters. The van der Waals surface area contributed by atoms with Crippen LogP contribution in [0.25, 0.3) is 0 Å². The lowest BCUT2D eigenvalue weighted by Crippen LogP contribution is -2.38. The molecule has 0 aromatic carbocycles. The molecule has 0 amide bonds. The molecule has 0 N–H and O–H groups in total. The van der Waals surface area contributed by atoms with Gasteiger partial charge < -0.3 is 9.80 Å². The summed E-state index contributed by atoms with van der Waals surface area (Å²) in [6, 6.07) is 0. The maximum Gasteiger partial charge on any atom is 0.0995 e. The molecule has 0 unspecified atom stereocenters. The predicted molar refractivity (Wildman–Crippen MR) is 170 cm³/mol. The van der Waals surface area contributed by atoms with Crippen LogP contribution in [-0.4, -0.2) is 36.0 Å². The third-order valence-corrected chi connectivity index (χ3v) is 8.03. The molecule has 0 saturated carbocycles. The summed E-state index contributed by atoms with van der Waals surface area (Å²) in [7, 11) is 0. The minimum Gasteiger partial charge on any atom is -0.359 e. The molecule has 0 heterocycles. The summed E-state index contributed by atoms with van der Waals surface area (Å²) < 4.78 is 0. The van der Waals surface area contributed by atoms with Crippen LogP contribution in [0.1, 0.15) is 189 Å². The van der Waals surface area contributed by atoms with Crippen molar-refractivity contribution in [2.45, 2.75) is 189 Å². The van der Waals surface area contributed by atoms with E-state index in [1.54, 1.807) is 5.82 Å². The SMILES string of the molecule is CC=C(N(CCCCCCCC)CCCCCCCC)N(CCCCCCCC)CCCCCCCC. The van der Waals surface area contributed by atoms with Crippen LogP contribution in [0, 0.1) is 0 Å². The van der Waals surface area contributed by atoms with Crippen molar-refractivity contribution in [3.63, 3.8) is 0 Å². The van der Waals surface area contributed by atoms with Crippen molar-refractivity contribution in [1.29, 1.82) is 0 Å². The van der Waals surface area contributed by atoms with Crippen LogP contribution >= 0.6 is 0 Å². The molecule has 0 fully saturated rings. The first-order valence-electron chi connectivity index (χ1n) is 17.4. The Morgan fingerprint density at radius 1 is 0.351 bits per heavy atom. The van der Waals surface area contributed by atoms with Crippen molar-refractivity contribution < 1.29 is 0 Å². The van der Waals surface area contributed by atoms with Gasteiger partial charge in [0.05, 0.1) is 5.82 Å². The van der Waals surface area contributed by atoms with E-state index >= 15 is 0 Å². The van der Waals surface area contributed by atoms with Crippen LogP contribution in [0.3, 0.4) is 0 Å². The molecule has 2 nitrogen and oxygen atoms in total. The highest BCUT2D eigenvalue weighted by Crippen LogP contribution is 2.19. The number of allylic oxidation sites excluding steroid dienone is 1. The van der Waals surface area contributed by atoms with E-state index in [9.17, 15) is 0 Å². The van der Waals surface area contributed by atoms with Crippen LogP contribution in [0.5, 0.6) is 0 Å². The van der Waals surface area contributed by atoms with E-state index in [1.165, 1.54) is 180 Å². The lowest BCUT2D eigenvalue weighted by atomic mass is 10.1. The quantitative estimate of drug-likeness (QED) is 0.0869. The van der Waals surface area contributed by atoms with Crippen LogP contribution in [0.15, 0.2) is 11.9 Å². The van der Waals surface area contributed by atoms with Crippen molar-refractivity contribution in [2.24, 2.45) is 0 Å². The normalized spacial score (nSPS) is 11.2. The van der Waals surface area contributed by atoms with Crippen LogP contribution in [-0.2, 0) is 0 Å². The van der Waals surface area contributed by atoms with E-state index in [4.69, 9.17) is 0 Å². The fourth-order valence-electron chi connectivity index (χ4n) is 5.58. The molecule has 0 aromatic heterocycles. The predicted octanol–water partition coefficient (Wildman–Crippen LogP) is 11.9. The molecule has 0 bridgehead atoms. The second-order valence-electron chi connectivity index (χ2n) is 11.7. The molecule has 0 saturated heterocycles. The lowest BCUT2D eigenvalue weighted by molar-refractivity contribution is 0.195. The fourth-order valence-corrected chi connectivity index (χ4v) is 5.58. The zero-order valence-electron chi connectivity index (χ0n) is 26.8. The minimum absolute atomic E-state index is 1.25. The highest BCUT2D eigenvalue weighted by molar-refractivity contribution is 4.99. The summed E-state index contributed by atoms with van der Waals surface area (Å²) >= 11 is 0. The second-order valence-corrected chi connectivity index (χ2v) is 11.7. The largest absolute Gasteiger partial charge is 0.359 e. The van der Waals surface area contributed by atoms with Gasteiger partial charge in [0.1, 0.15) is 0 Å². The third kappa shape index (κ3) is 23.0. The lowest BCUT2D eigenvalue weighted by Gasteiger charge is -2.37. The van der Waals surface area contributed by atoms with Gasteiger partial charge in [0.2, 0.25) is 0 Å². The Balaban J connectivity index is 5.03. The van der Waals surface area contributed by atoms with Crippen molar-refractivity contribution in [3.05, 3.63) is 11.9 Å². The Labute approximate surface area is 236 Å². The average Bonchev–Trinajstić information content (AvgIpc) is 2.91. The Morgan fingerprint density at radius 3 is 0.784 bits per heavy atom. The summed E-state index contributed by atoms with van der Waals surface area (Å²) in [6.45, 7) is 16.6. The molecular formula is C35H72N2. The first-order valence-corrected chi connectivity index (χ1v) is 17.4. The van der Waals surface area contributed by atoms with Gasteiger partial charge in [-0.15, -0.1) is 0 Å². The van der Waals surface area contributed by atoms with Crippen molar-refractivity contribution in [1.82, 2.24) is 9.80 Å². The Kier molecular flexibility index (Phi) is 29.4. The summed E-state index contributed by atoms with van der Waals surface area (Å²) in [6.07, 6.45) is 35.9. The molecule has 0 spiro atoms. The second kappa shape index (κ2) is 29.9. The molecule has 0 aromatic rings. The number of unbranched alkanes of at least 4 members (excludes halogenated alkanes) is 20. The molecule has 37 heavy (non-hydrogen) atoms. The molecule has 0 aliphatic rings. The maximum absolute atomic E-state index is 2.80. The number of hydrogen-bond donors (Lipinski definition) is 0. The van der Waals surface area contributed by atoms with Crippen LogP contribution in [0.2, 0.25) is 0 Å². The van der Waals surface area contributed by atoms with Crippen molar-refractivity contribution in [2.75, 3.05) is 26.2 Å². The zero-order chi connectivity index (χ0) is 27.2. The first-order chi connectivity index (χ1) is 18.2. The van der Waals surface area contributed by atoms with Crippen molar-refractivity contribution in [3.8, 4) is 0 Å². The average molecular weight is 521 g/mol. The van der Waals surface area contributed by atoms with Gasteiger partial charge in [-0.25, -0.2) is 0 Å². The maximum atomic E-state index is 2.80. The Bertz CT molecular complexity index is 388. The number of hydrogen-bond acceptors (Lipinski definition) is 2. The monoisotopic (exact) mass is 521 g/mol. The van der Waals surface area contributed by atoms with E-state index in [2.05, 4.69) is 50.5 Å². The Morgan fingerprint density at radius 2 is 0.568 bits per heavy atom. The Hall–Kier alpha value is -0.660. The first kappa shape index (κ1) is 36.3. The highest BCUT2D eigenvalue weighted by atomic mass is 15.3. The van der Waals surface area contributed by atoms with Gasteiger partial charge in [-0.05, 0) is 38.7 Å². The van der Waals surface area contributed by atoms with Gasteiger partial charge in [0, 0.05) is 26.2 Å². The van der Waals surface area contributed by atoms with Gasteiger partial charge in [-0.1, -0.05) is 156 Å². The smallest absolute Gasteiger partial charge is 0.0995 e. The van der Waals surface area contributed by atoms with Crippen LogP contribution in [0.4, 0.5) is 0 Å². The van der Waals surface area contributed by atoms with Crippen LogP contribution < -0.4 is 0 Å². The summed E-state index contributed by atoms with van der Waals surface area (Å²) in [5, 5.41) is 0. The summed E-state index contributed by atoms with van der Waals surface area (Å²) in [5.74, 6) is 1.56. The molecule has 2 heteroatoms. The van der Waals surface area contributed by atoms with E-state index < -0.39 is 0 Å².